The Hall–Kier alpha value is -4.54. The third-order valence-electron chi connectivity index (χ3n) is 7.11. The van der Waals surface area contributed by atoms with Gasteiger partial charge in [-0.3, -0.25) is 4.99 Å². The van der Waals surface area contributed by atoms with Gasteiger partial charge in [0.2, 0.25) is 0 Å². The average Bonchev–Trinajstić information content (AvgIpc) is 3.54. The van der Waals surface area contributed by atoms with Crippen molar-refractivity contribution in [1.29, 1.82) is 0 Å². The molecule has 1 aliphatic rings. The van der Waals surface area contributed by atoms with Crippen LogP contribution in [0.4, 0.5) is 26.1 Å². The molecule has 0 aliphatic carbocycles. The fourth-order valence-corrected chi connectivity index (χ4v) is 5.12. The molecule has 1 N–H and O–H groups in total. The Morgan fingerprint density at radius 3 is 2.70 bits per heavy atom. The second-order valence-electron chi connectivity index (χ2n) is 9.51. The molecule has 0 radical (unpaired) electrons. The van der Waals surface area contributed by atoms with Gasteiger partial charge in [0.15, 0.2) is 23.1 Å². The van der Waals surface area contributed by atoms with E-state index < -0.39 is 11.8 Å². The lowest BCUT2D eigenvalue weighted by Gasteiger charge is -2.27. The van der Waals surface area contributed by atoms with Crippen molar-refractivity contribution in [1.82, 2.24) is 14.5 Å². The SMILES string of the molecule is C=Nc1c(NC)ncnc1N1CCC[C@@H]1COc1c(C(=O)OCCc2ccc(F)cc2)n(C)c2ccc(F)cc12. The summed E-state index contributed by atoms with van der Waals surface area (Å²) in [5.74, 6) is 0.115. The third kappa shape index (κ3) is 5.31. The molecular formula is C29H30F2N6O3. The van der Waals surface area contributed by atoms with Gasteiger partial charge in [0.25, 0.3) is 0 Å². The van der Waals surface area contributed by atoms with Crippen LogP contribution in [0.2, 0.25) is 0 Å². The summed E-state index contributed by atoms with van der Waals surface area (Å²) < 4.78 is 41.1. The Labute approximate surface area is 230 Å². The summed E-state index contributed by atoms with van der Waals surface area (Å²) in [6, 6.07) is 10.3. The first-order valence-electron chi connectivity index (χ1n) is 13.0. The Kier molecular flexibility index (Phi) is 7.90. The monoisotopic (exact) mass is 548 g/mol. The van der Waals surface area contributed by atoms with Crippen molar-refractivity contribution < 1.29 is 23.0 Å². The van der Waals surface area contributed by atoms with E-state index in [1.54, 1.807) is 36.9 Å². The minimum Gasteiger partial charge on any atom is -0.488 e. The summed E-state index contributed by atoms with van der Waals surface area (Å²) in [5, 5.41) is 3.49. The first-order chi connectivity index (χ1) is 19.4. The number of anilines is 2. The fourth-order valence-electron chi connectivity index (χ4n) is 5.12. The van der Waals surface area contributed by atoms with Crippen LogP contribution in [0.3, 0.4) is 0 Å². The lowest BCUT2D eigenvalue weighted by atomic mass is 10.2. The smallest absolute Gasteiger partial charge is 0.358 e. The highest BCUT2D eigenvalue weighted by Crippen LogP contribution is 2.38. The zero-order valence-electron chi connectivity index (χ0n) is 22.4. The van der Waals surface area contributed by atoms with Crippen LogP contribution in [0.1, 0.15) is 28.9 Å². The van der Waals surface area contributed by atoms with Gasteiger partial charge in [-0.05, 0) is 55.5 Å². The zero-order chi connectivity index (χ0) is 28.2. The van der Waals surface area contributed by atoms with Gasteiger partial charge < -0.3 is 24.3 Å². The number of hydrogen-bond donors (Lipinski definition) is 1. The standard InChI is InChI=1S/C29H30F2N6O3/c1-32-24-27(33-2)34-17-35-28(24)37-13-4-5-21(37)16-40-26-22-15-20(31)10-11-23(22)36(3)25(26)29(38)39-14-12-18-6-8-19(30)9-7-18/h6-11,15,17,21H,1,4-5,12-14,16H2,2-3H3,(H,33,34,35)/t21-/m1/s1. The van der Waals surface area contributed by atoms with E-state index in [-0.39, 0.29) is 36.5 Å². The number of aryl methyl sites for hydroxylation is 1. The number of rotatable bonds is 10. The van der Waals surface area contributed by atoms with Gasteiger partial charge in [0.1, 0.15) is 30.3 Å². The molecule has 0 amide bonds. The van der Waals surface area contributed by atoms with Crippen LogP contribution in [-0.2, 0) is 18.2 Å². The van der Waals surface area contributed by atoms with Gasteiger partial charge >= 0.3 is 5.97 Å². The molecule has 1 fully saturated rings. The number of hydrogen-bond acceptors (Lipinski definition) is 8. The second-order valence-corrected chi connectivity index (χ2v) is 9.51. The molecule has 0 saturated carbocycles. The van der Waals surface area contributed by atoms with Crippen molar-refractivity contribution in [3.63, 3.8) is 0 Å². The molecule has 1 aliphatic heterocycles. The van der Waals surface area contributed by atoms with Crippen molar-refractivity contribution in [3.05, 3.63) is 71.7 Å². The number of fused-ring (bicyclic) bond motifs is 1. The minimum absolute atomic E-state index is 0.0775. The molecule has 1 atom stereocenters. The zero-order valence-corrected chi connectivity index (χ0v) is 22.4. The van der Waals surface area contributed by atoms with Gasteiger partial charge in [-0.25, -0.2) is 23.5 Å². The molecule has 2 aromatic carbocycles. The number of nitrogens with one attached hydrogen (secondary N) is 1. The largest absolute Gasteiger partial charge is 0.488 e. The van der Waals surface area contributed by atoms with Crippen LogP contribution in [-0.4, -0.2) is 60.1 Å². The number of ether oxygens (including phenoxy) is 2. The predicted molar refractivity (Wildman–Crippen MR) is 150 cm³/mol. The second kappa shape index (κ2) is 11.7. The van der Waals surface area contributed by atoms with Gasteiger partial charge in [-0.15, -0.1) is 0 Å². The quantitative estimate of drug-likeness (QED) is 0.219. The molecule has 0 spiro atoms. The minimum atomic E-state index is -0.591. The van der Waals surface area contributed by atoms with Gasteiger partial charge in [0.05, 0.1) is 18.2 Å². The van der Waals surface area contributed by atoms with Crippen LogP contribution < -0.4 is 15.0 Å². The summed E-state index contributed by atoms with van der Waals surface area (Å²) in [6.07, 6.45) is 3.63. The summed E-state index contributed by atoms with van der Waals surface area (Å²) >= 11 is 0. The predicted octanol–water partition coefficient (Wildman–Crippen LogP) is 5.07. The lowest BCUT2D eigenvalue weighted by molar-refractivity contribution is 0.0493. The Morgan fingerprint density at radius 2 is 1.95 bits per heavy atom. The average molecular weight is 549 g/mol. The van der Waals surface area contributed by atoms with Gasteiger partial charge in [-0.2, -0.15) is 0 Å². The lowest BCUT2D eigenvalue weighted by Crippen LogP contribution is -2.35. The van der Waals surface area contributed by atoms with Crippen LogP contribution in [0.5, 0.6) is 5.75 Å². The van der Waals surface area contributed by atoms with Gasteiger partial charge in [0, 0.05) is 32.4 Å². The van der Waals surface area contributed by atoms with Crippen LogP contribution in [0.25, 0.3) is 10.9 Å². The number of carbonyl (C=O) groups is 1. The van der Waals surface area contributed by atoms with E-state index in [9.17, 15) is 13.6 Å². The van der Waals surface area contributed by atoms with E-state index in [2.05, 4.69) is 31.9 Å². The maximum absolute atomic E-state index is 14.3. The van der Waals surface area contributed by atoms with Crippen molar-refractivity contribution in [3.8, 4) is 5.75 Å². The topological polar surface area (TPSA) is 93.9 Å². The molecule has 4 aromatic rings. The Bertz CT molecular complexity index is 1540. The summed E-state index contributed by atoms with van der Waals surface area (Å²) in [5.41, 5.74) is 2.22. The molecule has 5 rings (SSSR count). The molecule has 2 aromatic heterocycles. The summed E-state index contributed by atoms with van der Waals surface area (Å²) in [4.78, 5) is 28.2. The van der Waals surface area contributed by atoms with E-state index >= 15 is 0 Å². The number of nitrogens with zero attached hydrogens (tertiary/aromatic N) is 5. The van der Waals surface area contributed by atoms with E-state index in [0.29, 0.717) is 34.6 Å². The van der Waals surface area contributed by atoms with Crippen molar-refractivity contribution >= 4 is 40.9 Å². The van der Waals surface area contributed by atoms with Crippen molar-refractivity contribution in [2.45, 2.75) is 25.3 Å². The van der Waals surface area contributed by atoms with Crippen LogP contribution >= 0.6 is 0 Å². The van der Waals surface area contributed by atoms with Crippen LogP contribution in [0.15, 0.2) is 53.8 Å². The highest BCUT2D eigenvalue weighted by Gasteiger charge is 2.31. The molecule has 11 heteroatoms. The summed E-state index contributed by atoms with van der Waals surface area (Å²) in [6.45, 7) is 4.73. The molecule has 3 heterocycles. The molecule has 0 unspecified atom stereocenters. The first kappa shape index (κ1) is 27.0. The van der Waals surface area contributed by atoms with E-state index in [0.717, 1.165) is 24.9 Å². The number of benzene rings is 2. The van der Waals surface area contributed by atoms with E-state index in [1.165, 1.54) is 30.6 Å². The van der Waals surface area contributed by atoms with E-state index in [4.69, 9.17) is 9.47 Å². The number of carbonyl (C=O) groups excluding carboxylic acids is 1. The highest BCUT2D eigenvalue weighted by molar-refractivity contribution is 6.01. The third-order valence-corrected chi connectivity index (χ3v) is 7.11. The maximum atomic E-state index is 14.3. The molecule has 0 bridgehead atoms. The number of esters is 1. The van der Waals surface area contributed by atoms with Crippen LogP contribution in [0, 0.1) is 11.6 Å². The Balaban J connectivity index is 1.39. The number of aliphatic imine (C=N–C) groups is 1. The maximum Gasteiger partial charge on any atom is 0.358 e. The summed E-state index contributed by atoms with van der Waals surface area (Å²) in [7, 11) is 3.47. The normalized spacial score (nSPS) is 14.9. The first-order valence-corrected chi connectivity index (χ1v) is 13.0. The number of aromatic nitrogens is 3. The number of halogens is 2. The van der Waals surface area contributed by atoms with Gasteiger partial charge in [-0.1, -0.05) is 12.1 Å². The van der Waals surface area contributed by atoms with Crippen molar-refractivity contribution in [2.24, 2.45) is 12.0 Å². The molecule has 9 nitrogen and oxygen atoms in total. The Morgan fingerprint density at radius 1 is 1.18 bits per heavy atom. The highest BCUT2D eigenvalue weighted by atomic mass is 19.1. The molecule has 1 saturated heterocycles. The molecule has 40 heavy (non-hydrogen) atoms. The fraction of sp³-hybridized carbons (Fsp3) is 0.310. The molecule has 208 valence electrons. The molecular weight excluding hydrogens is 518 g/mol. The van der Waals surface area contributed by atoms with Crippen molar-refractivity contribution in [2.75, 3.05) is 37.0 Å². The van der Waals surface area contributed by atoms with E-state index in [1.807, 2.05) is 0 Å².